The Kier molecular flexibility index (Phi) is 70.9. The molecule has 9 heteroatoms. The van der Waals surface area contributed by atoms with Gasteiger partial charge in [0, 0.05) is 12.1 Å². The molecule has 4 N–H and O–H groups in total. The van der Waals surface area contributed by atoms with Crippen LogP contribution in [0.4, 0.5) is 0 Å². The van der Waals surface area contributed by atoms with E-state index < -0.39 is 0 Å². The maximum absolute atomic E-state index is 10.4. The number of aromatic hydroxyl groups is 1. The lowest BCUT2D eigenvalue weighted by molar-refractivity contribution is -0.272. The molecule has 5 atom stereocenters. The standard InChI is InChI=1S/C18H24O2.C12H19N.C5H12O2.C5H12.C4H8O.C4H10.C3H5NO2.C3H8.3C2H6.2CH4/c1-18-9-8-14-13-5-3-12(19)10-11(13)2-4-15(14)16(18)6-7-17(18)20;1-4-11-5-7-12(8-6-11)9(2)10(3)13;1-3-4-5-7-6-2;1-4-5(2)3;1-2-3-4-5;1-3-4-2;1-3(5)2-4-6;1-3-2;3*1-2;;/h3,5,10,14-17,19-20H,2,4,6-9H2,1H3;5,7H,4,6,8,13H2,1-3H3;3-5H2,1-2H3;5H,4H2,1-3H3;4H,2-3H2,1H3;3-4H2,1-2H3;2H2,1H3;3H2,1-2H3;3*1-2H3;2*1H4/b;10-9+;;;;;;;;;;;. The van der Waals surface area contributed by atoms with Crippen LogP contribution in [0.5, 0.6) is 5.75 Å². The van der Waals surface area contributed by atoms with Crippen LogP contribution in [0.1, 0.15) is 273 Å². The number of aryl methyl sites for hydroxylation is 1. The van der Waals surface area contributed by atoms with E-state index in [1.165, 1.54) is 94.1 Å². The number of carbonyl (C=O) groups is 2. The van der Waals surface area contributed by atoms with E-state index >= 15 is 0 Å². The molecule has 2 saturated carbocycles. The van der Waals surface area contributed by atoms with Crippen molar-refractivity contribution >= 4 is 12.1 Å². The number of phenols is 1. The number of phenolic OH excluding ortho intramolecular Hbond substituents is 1. The molecule has 2 fully saturated rings. The maximum atomic E-state index is 10.4. The number of aldehydes is 1. The minimum atomic E-state index is -0.194. The number of unbranched alkanes of at least 4 members (excludes halogenated alkanes) is 3. The first-order chi connectivity index (χ1) is 32.9. The number of carbonyl (C=O) groups excluding carboxylic acids is 2. The number of ketones is 1. The molecule has 5 unspecified atom stereocenters. The molecule has 4 aliphatic carbocycles. The number of benzene rings is 1. The first-order valence-corrected chi connectivity index (χ1v) is 27.6. The second-order valence-electron chi connectivity index (χ2n) is 17.9. The summed E-state index contributed by atoms with van der Waals surface area (Å²) >= 11 is 0. The molecule has 0 spiro atoms. The molecule has 0 radical (unpaired) electrons. The molecule has 0 aromatic heterocycles. The van der Waals surface area contributed by atoms with Gasteiger partial charge in [-0.2, -0.15) is 4.91 Å². The highest BCUT2D eigenvalue weighted by Gasteiger charge is 2.54. The third kappa shape index (κ3) is 42.0. The van der Waals surface area contributed by atoms with Gasteiger partial charge in [0.15, 0.2) is 5.78 Å². The average Bonchev–Trinajstić information content (AvgIpc) is 3.67. The number of allylic oxidation sites excluding steroid dienone is 6. The first kappa shape index (κ1) is 84.7. The third-order valence-corrected chi connectivity index (χ3v) is 12.1. The summed E-state index contributed by atoms with van der Waals surface area (Å²) in [6.07, 6.45) is 24.8. The Bertz CT molecular complexity index is 1410. The summed E-state index contributed by atoms with van der Waals surface area (Å²) in [6.45, 7) is 41.8. The van der Waals surface area contributed by atoms with Crippen molar-refractivity contribution in [2.45, 2.75) is 275 Å². The van der Waals surface area contributed by atoms with Crippen LogP contribution in [0.15, 0.2) is 57.9 Å². The highest BCUT2D eigenvalue weighted by Crippen LogP contribution is 2.60. The highest BCUT2D eigenvalue weighted by molar-refractivity contribution is 5.77. The predicted molar refractivity (Wildman–Crippen MR) is 316 cm³/mol. The number of nitrogens with two attached hydrogens (primary N) is 1. The van der Waals surface area contributed by atoms with Crippen molar-refractivity contribution in [3.63, 3.8) is 0 Å². The van der Waals surface area contributed by atoms with Crippen LogP contribution in [0.2, 0.25) is 0 Å². The fourth-order valence-corrected chi connectivity index (χ4v) is 7.58. The Balaban J connectivity index is -0.000000114. The van der Waals surface area contributed by atoms with Crippen molar-refractivity contribution in [3.05, 3.63) is 68.8 Å². The Labute approximate surface area is 443 Å². The molecule has 0 aliphatic heterocycles. The summed E-state index contributed by atoms with van der Waals surface area (Å²) in [7, 11) is 1.52. The van der Waals surface area contributed by atoms with Crippen molar-refractivity contribution in [1.82, 2.24) is 0 Å². The van der Waals surface area contributed by atoms with Crippen molar-refractivity contribution in [1.29, 1.82) is 0 Å². The quantitative estimate of drug-likeness (QED) is 0.0616. The molecule has 5 rings (SSSR count). The van der Waals surface area contributed by atoms with Crippen LogP contribution in [-0.4, -0.2) is 48.6 Å². The molecule has 0 bridgehead atoms. The zero-order valence-corrected chi connectivity index (χ0v) is 49.2. The largest absolute Gasteiger partial charge is 0.508 e. The molecule has 0 saturated heterocycles. The number of Topliss-reactive ketones (excluding diaryl/α,β-unsaturated/α-hetero) is 1. The summed E-state index contributed by atoms with van der Waals surface area (Å²) in [5.74, 6) is 3.18. The molecular formula is C62H124N2O7. The second-order valence-corrected chi connectivity index (χ2v) is 17.9. The molecule has 1 aromatic carbocycles. The van der Waals surface area contributed by atoms with Gasteiger partial charge in [-0.05, 0) is 155 Å². The summed E-state index contributed by atoms with van der Waals surface area (Å²) in [4.78, 5) is 37.2. The summed E-state index contributed by atoms with van der Waals surface area (Å²) in [6, 6.07) is 5.96. The fraction of sp³-hybridized carbons (Fsp3) is 0.774. The molecular weight excluding hydrogens is 885 g/mol. The number of fused-ring (bicyclic) bond motifs is 5. The Hall–Kier alpha value is -3.14. The predicted octanol–water partition coefficient (Wildman–Crippen LogP) is 19.2. The molecule has 424 valence electrons. The summed E-state index contributed by atoms with van der Waals surface area (Å²) in [5.41, 5.74) is 13.9. The van der Waals surface area contributed by atoms with Gasteiger partial charge in [0.2, 0.25) is 0 Å². The molecule has 4 aliphatic rings. The van der Waals surface area contributed by atoms with Crippen LogP contribution in [0, 0.1) is 28.1 Å². The van der Waals surface area contributed by atoms with Crippen LogP contribution >= 0.6 is 0 Å². The van der Waals surface area contributed by atoms with Gasteiger partial charge in [0.05, 0.1) is 19.8 Å². The molecule has 1 aromatic rings. The van der Waals surface area contributed by atoms with Crippen LogP contribution in [-0.2, 0) is 25.8 Å². The lowest BCUT2D eigenvalue weighted by Gasteiger charge is -2.50. The minimum Gasteiger partial charge on any atom is -0.508 e. The summed E-state index contributed by atoms with van der Waals surface area (Å²) < 4.78 is 0. The van der Waals surface area contributed by atoms with Gasteiger partial charge in [-0.15, -0.1) is 0 Å². The fourth-order valence-electron chi connectivity index (χ4n) is 7.58. The molecule has 9 nitrogen and oxygen atoms in total. The van der Waals surface area contributed by atoms with Gasteiger partial charge in [0.25, 0.3) is 0 Å². The van der Waals surface area contributed by atoms with E-state index in [-0.39, 0.29) is 38.7 Å². The summed E-state index contributed by atoms with van der Waals surface area (Å²) in [5, 5.41) is 22.4. The van der Waals surface area contributed by atoms with Crippen LogP contribution < -0.4 is 5.73 Å². The van der Waals surface area contributed by atoms with Gasteiger partial charge in [-0.25, -0.2) is 9.78 Å². The second kappa shape index (κ2) is 59.4. The molecule has 71 heavy (non-hydrogen) atoms. The van der Waals surface area contributed by atoms with E-state index in [1.807, 2.05) is 67.5 Å². The topological polar surface area (TPSA) is 149 Å². The van der Waals surface area contributed by atoms with Crippen molar-refractivity contribution in [3.8, 4) is 5.75 Å². The average molecular weight is 1010 g/mol. The first-order valence-electron chi connectivity index (χ1n) is 27.6. The number of nitroso groups, excluding NO2 is 1. The van der Waals surface area contributed by atoms with Gasteiger partial charge in [-0.3, -0.25) is 4.79 Å². The number of nitrogens with zero attached hydrogens (tertiary/aromatic N) is 1. The maximum Gasteiger partial charge on any atom is 0.154 e. The number of rotatable bonds is 12. The third-order valence-electron chi connectivity index (χ3n) is 12.1. The van der Waals surface area contributed by atoms with E-state index in [0.717, 1.165) is 68.8 Å². The minimum absolute atomic E-state index is 0. The Morgan fingerprint density at radius 2 is 1.39 bits per heavy atom. The van der Waals surface area contributed by atoms with E-state index in [0.29, 0.717) is 30.6 Å². The number of aliphatic hydroxyl groups is 1. The van der Waals surface area contributed by atoms with E-state index in [1.54, 1.807) is 5.57 Å². The normalized spacial score (nSPS) is 19.2. The molecule has 0 heterocycles. The smallest absolute Gasteiger partial charge is 0.154 e. The molecule has 0 amide bonds. The number of hydrogen-bond acceptors (Lipinski definition) is 9. The highest BCUT2D eigenvalue weighted by atomic mass is 17.2. The zero-order chi connectivity index (χ0) is 54.8. The lowest BCUT2D eigenvalue weighted by atomic mass is 9.55. The van der Waals surface area contributed by atoms with Gasteiger partial charge >= 0.3 is 0 Å². The van der Waals surface area contributed by atoms with Crippen molar-refractivity contribution in [2.24, 2.45) is 34.1 Å². The Morgan fingerprint density at radius 1 is 0.845 bits per heavy atom. The van der Waals surface area contributed by atoms with E-state index in [9.17, 15) is 19.8 Å². The van der Waals surface area contributed by atoms with Gasteiger partial charge < -0.3 is 20.7 Å². The zero-order valence-electron chi connectivity index (χ0n) is 49.2. The van der Waals surface area contributed by atoms with E-state index in [2.05, 4.69) is 109 Å². The Morgan fingerprint density at radius 3 is 1.75 bits per heavy atom. The van der Waals surface area contributed by atoms with Crippen molar-refractivity contribution in [2.75, 3.05) is 20.3 Å². The van der Waals surface area contributed by atoms with E-state index in [4.69, 9.17) is 10.6 Å². The lowest BCUT2D eigenvalue weighted by Crippen LogP contribution is -2.43. The SMILES string of the molecule is C.C.CC.CC.CC.CC(=O)CN=O.CC12CCC3c4ccc(O)cc4CCC3C1CCC2O.CCC.CCC(C)C.CCC1=CC=C(/C(C)=C(\C)N)CC1.CCCC.CCCC=O.CCCCOOC. The monoisotopic (exact) mass is 1010 g/mol. The van der Waals surface area contributed by atoms with Crippen LogP contribution in [0.25, 0.3) is 0 Å². The van der Waals surface area contributed by atoms with Gasteiger partial charge in [-0.1, -0.05) is 194 Å². The van der Waals surface area contributed by atoms with Crippen LogP contribution in [0.3, 0.4) is 0 Å². The van der Waals surface area contributed by atoms with Crippen molar-refractivity contribution < 1.29 is 29.6 Å². The number of aliphatic hydroxyl groups excluding tert-OH is 1. The van der Waals surface area contributed by atoms with Gasteiger partial charge in [0.1, 0.15) is 18.6 Å². The number of hydrogen-bond donors (Lipinski definition) is 3.